The first-order valence-electron chi connectivity index (χ1n) is 7.16. The van der Waals surface area contributed by atoms with E-state index in [2.05, 4.69) is 28.6 Å². The fourth-order valence-electron chi connectivity index (χ4n) is 2.28. The van der Waals surface area contributed by atoms with Crippen molar-refractivity contribution in [3.8, 4) is 0 Å². The van der Waals surface area contributed by atoms with Crippen LogP contribution in [0.4, 0.5) is 11.6 Å². The number of hydrogen-bond acceptors (Lipinski definition) is 5. The van der Waals surface area contributed by atoms with Gasteiger partial charge < -0.3 is 10.6 Å². The van der Waals surface area contributed by atoms with Gasteiger partial charge in [-0.05, 0) is 38.8 Å². The highest BCUT2D eigenvalue weighted by Crippen LogP contribution is 2.40. The zero-order valence-electron chi connectivity index (χ0n) is 12.4. The molecule has 4 nitrogen and oxygen atoms in total. The molecule has 6 heteroatoms. The summed E-state index contributed by atoms with van der Waals surface area (Å²) < 4.78 is 0.813. The average Bonchev–Trinajstić information content (AvgIpc) is 3.22. The van der Waals surface area contributed by atoms with Gasteiger partial charge in [0.25, 0.3) is 0 Å². The van der Waals surface area contributed by atoms with E-state index in [0.717, 1.165) is 27.4 Å². The third-order valence-corrected chi connectivity index (χ3v) is 5.13. The van der Waals surface area contributed by atoms with Gasteiger partial charge in [0.1, 0.15) is 17.5 Å². The van der Waals surface area contributed by atoms with E-state index in [9.17, 15) is 0 Å². The van der Waals surface area contributed by atoms with Crippen LogP contribution in [0.5, 0.6) is 0 Å². The third-order valence-electron chi connectivity index (χ3n) is 3.72. The summed E-state index contributed by atoms with van der Waals surface area (Å²) in [4.78, 5) is 10.5. The number of anilines is 2. The molecule has 1 fully saturated rings. The summed E-state index contributed by atoms with van der Waals surface area (Å²) in [6.07, 6.45) is 2.39. The van der Waals surface area contributed by atoms with Gasteiger partial charge in [-0.1, -0.05) is 11.6 Å². The van der Waals surface area contributed by atoms with Crippen LogP contribution in [-0.2, 0) is 0 Å². The van der Waals surface area contributed by atoms with Crippen LogP contribution < -0.4 is 10.6 Å². The maximum Gasteiger partial charge on any atom is 0.136 e. The smallest absolute Gasteiger partial charge is 0.136 e. The van der Waals surface area contributed by atoms with E-state index >= 15 is 0 Å². The Morgan fingerprint density at radius 2 is 2.00 bits per heavy atom. The Balaban J connectivity index is 1.88. The molecule has 0 spiro atoms. The van der Waals surface area contributed by atoms with Crippen LogP contribution in [0.3, 0.4) is 0 Å². The van der Waals surface area contributed by atoms with Crippen LogP contribution >= 0.6 is 22.9 Å². The number of nitrogens with zero attached hydrogens (tertiary/aromatic N) is 2. The molecule has 2 heterocycles. The van der Waals surface area contributed by atoms with E-state index in [0.29, 0.717) is 5.92 Å². The van der Waals surface area contributed by atoms with E-state index in [1.807, 2.05) is 20.0 Å². The molecule has 0 aliphatic heterocycles. The van der Waals surface area contributed by atoms with Crippen molar-refractivity contribution in [1.82, 2.24) is 9.97 Å². The minimum absolute atomic E-state index is 0.174. The van der Waals surface area contributed by atoms with E-state index in [1.165, 1.54) is 17.7 Å². The molecular weight excluding hydrogens is 304 g/mol. The molecule has 1 unspecified atom stereocenters. The standard InChI is InChI=1S/C15H19ClN4S/c1-8-13(17-3)19-15(10-4-5-10)20-14(8)18-9(2)11-6-7-12(16)21-11/h6-7,9-10H,4-5H2,1-3H3,(H2,17,18,19,20). The van der Waals surface area contributed by atoms with E-state index in [1.54, 1.807) is 11.3 Å². The molecule has 2 aromatic heterocycles. The molecule has 2 N–H and O–H groups in total. The van der Waals surface area contributed by atoms with Gasteiger partial charge in [-0.25, -0.2) is 9.97 Å². The molecule has 2 aromatic rings. The lowest BCUT2D eigenvalue weighted by atomic mass is 10.2. The second kappa shape index (κ2) is 5.81. The van der Waals surface area contributed by atoms with E-state index in [-0.39, 0.29) is 6.04 Å². The van der Waals surface area contributed by atoms with Crippen LogP contribution in [0.1, 0.15) is 48.0 Å². The van der Waals surface area contributed by atoms with Gasteiger partial charge >= 0.3 is 0 Å². The topological polar surface area (TPSA) is 49.8 Å². The van der Waals surface area contributed by atoms with Crippen molar-refractivity contribution in [2.75, 3.05) is 17.7 Å². The van der Waals surface area contributed by atoms with Crippen molar-refractivity contribution >= 4 is 34.6 Å². The highest BCUT2D eigenvalue weighted by atomic mass is 35.5. The summed E-state index contributed by atoms with van der Waals surface area (Å²) >= 11 is 7.61. The minimum atomic E-state index is 0.174. The van der Waals surface area contributed by atoms with Crippen LogP contribution in [0.2, 0.25) is 4.34 Å². The SMILES string of the molecule is CNc1nc(C2CC2)nc(NC(C)c2ccc(Cl)s2)c1C. The Morgan fingerprint density at radius 3 is 2.57 bits per heavy atom. The van der Waals surface area contributed by atoms with Crippen molar-refractivity contribution in [2.24, 2.45) is 0 Å². The molecular formula is C15H19ClN4S. The van der Waals surface area contributed by atoms with E-state index in [4.69, 9.17) is 16.6 Å². The summed E-state index contributed by atoms with van der Waals surface area (Å²) in [7, 11) is 1.90. The lowest BCUT2D eigenvalue weighted by Gasteiger charge is -2.17. The molecule has 0 amide bonds. The number of halogens is 1. The van der Waals surface area contributed by atoms with Crippen LogP contribution in [-0.4, -0.2) is 17.0 Å². The maximum absolute atomic E-state index is 6.02. The highest BCUT2D eigenvalue weighted by molar-refractivity contribution is 7.16. The molecule has 0 aromatic carbocycles. The average molecular weight is 323 g/mol. The van der Waals surface area contributed by atoms with Crippen LogP contribution in [0.15, 0.2) is 12.1 Å². The zero-order chi connectivity index (χ0) is 15.0. The number of aromatic nitrogens is 2. The van der Waals surface area contributed by atoms with E-state index < -0.39 is 0 Å². The highest BCUT2D eigenvalue weighted by Gasteiger charge is 2.28. The summed E-state index contributed by atoms with van der Waals surface area (Å²) in [5.41, 5.74) is 1.05. The van der Waals surface area contributed by atoms with Crippen molar-refractivity contribution in [3.63, 3.8) is 0 Å². The molecule has 0 radical (unpaired) electrons. The quantitative estimate of drug-likeness (QED) is 0.845. The number of thiophene rings is 1. The molecule has 112 valence electrons. The van der Waals surface area contributed by atoms with Gasteiger partial charge in [0.15, 0.2) is 0 Å². The molecule has 1 aliphatic rings. The number of hydrogen-bond donors (Lipinski definition) is 2. The van der Waals surface area contributed by atoms with Gasteiger partial charge in [0, 0.05) is 23.4 Å². The summed E-state index contributed by atoms with van der Waals surface area (Å²) in [6, 6.07) is 4.16. The van der Waals surface area contributed by atoms with Crippen molar-refractivity contribution in [2.45, 2.75) is 38.6 Å². The first kappa shape index (κ1) is 14.6. The second-order valence-electron chi connectivity index (χ2n) is 5.44. The molecule has 21 heavy (non-hydrogen) atoms. The Hall–Kier alpha value is -1.33. The predicted molar refractivity (Wildman–Crippen MR) is 89.7 cm³/mol. The predicted octanol–water partition coefficient (Wildman–Crippen LogP) is 4.59. The Kier molecular flexibility index (Phi) is 4.04. The van der Waals surface area contributed by atoms with Gasteiger partial charge in [-0.2, -0.15) is 0 Å². The Labute approximate surface area is 134 Å². The van der Waals surface area contributed by atoms with Gasteiger partial charge in [-0.15, -0.1) is 11.3 Å². The van der Waals surface area contributed by atoms with Gasteiger partial charge in [0.2, 0.25) is 0 Å². The third kappa shape index (κ3) is 3.14. The van der Waals surface area contributed by atoms with Gasteiger partial charge in [-0.3, -0.25) is 0 Å². The molecule has 1 aliphatic carbocycles. The normalized spacial score (nSPS) is 15.8. The Morgan fingerprint density at radius 1 is 1.29 bits per heavy atom. The first-order chi connectivity index (χ1) is 10.1. The van der Waals surface area contributed by atoms with Crippen molar-refractivity contribution in [1.29, 1.82) is 0 Å². The summed E-state index contributed by atoms with van der Waals surface area (Å²) in [6.45, 7) is 4.17. The molecule has 3 rings (SSSR count). The number of rotatable bonds is 5. The van der Waals surface area contributed by atoms with Crippen molar-refractivity contribution in [3.05, 3.63) is 32.7 Å². The largest absolute Gasteiger partial charge is 0.373 e. The second-order valence-corrected chi connectivity index (χ2v) is 7.18. The first-order valence-corrected chi connectivity index (χ1v) is 8.36. The summed E-state index contributed by atoms with van der Waals surface area (Å²) in [5, 5.41) is 6.66. The lowest BCUT2D eigenvalue weighted by molar-refractivity contribution is 0.863. The van der Waals surface area contributed by atoms with Crippen LogP contribution in [0.25, 0.3) is 0 Å². The van der Waals surface area contributed by atoms with Gasteiger partial charge in [0.05, 0.1) is 10.4 Å². The lowest BCUT2D eigenvalue weighted by Crippen LogP contribution is -2.12. The molecule has 0 bridgehead atoms. The minimum Gasteiger partial charge on any atom is -0.373 e. The summed E-state index contributed by atoms with van der Waals surface area (Å²) in [5.74, 6) is 3.30. The maximum atomic E-state index is 6.02. The Bertz CT molecular complexity index is 651. The molecule has 0 saturated heterocycles. The van der Waals surface area contributed by atoms with Crippen molar-refractivity contribution < 1.29 is 0 Å². The fraction of sp³-hybridized carbons (Fsp3) is 0.467. The fourth-order valence-corrected chi connectivity index (χ4v) is 3.34. The zero-order valence-corrected chi connectivity index (χ0v) is 14.0. The molecule has 1 atom stereocenters. The number of nitrogens with one attached hydrogen (secondary N) is 2. The van der Waals surface area contributed by atoms with Crippen LogP contribution in [0, 0.1) is 6.92 Å². The molecule has 1 saturated carbocycles. The monoisotopic (exact) mass is 322 g/mol.